The Kier molecular flexibility index (Phi) is 2.01. The molecule has 1 aromatic heterocycles. The monoisotopic (exact) mass is 141 g/mol. The van der Waals surface area contributed by atoms with Gasteiger partial charge in [0.2, 0.25) is 11.8 Å². The van der Waals surface area contributed by atoms with Crippen LogP contribution in [-0.2, 0) is 4.79 Å². The van der Waals surface area contributed by atoms with Crippen LogP contribution in [0.4, 0.5) is 5.88 Å². The molecule has 0 bridgehead atoms. The molecule has 1 heterocycles. The van der Waals surface area contributed by atoms with Crippen molar-refractivity contribution in [2.45, 2.75) is 0 Å². The van der Waals surface area contributed by atoms with Gasteiger partial charge in [-0.2, -0.15) is 0 Å². The van der Waals surface area contributed by atoms with E-state index in [0.717, 1.165) is 0 Å². The number of nitrogens with two attached hydrogens (primary N) is 1. The number of oxazole rings is 1. The molecular weight excluding hydrogens is 134 g/mol. The van der Waals surface area contributed by atoms with Gasteiger partial charge in [0.1, 0.15) is 0 Å². The number of nitrogens with zero attached hydrogens (tertiary/aromatic N) is 1. The van der Waals surface area contributed by atoms with Crippen LogP contribution in [0, 0.1) is 0 Å². The maximum absolute atomic E-state index is 10.6. The maximum Gasteiger partial charge on any atom is 0.240 e. The minimum Gasteiger partial charge on any atom is -0.428 e. The van der Waals surface area contributed by atoms with Gasteiger partial charge in [-0.05, 0) is 0 Å². The third kappa shape index (κ3) is 1.56. The summed E-state index contributed by atoms with van der Waals surface area (Å²) in [4.78, 5) is 14.1. The summed E-state index contributed by atoms with van der Waals surface area (Å²) in [5, 5.41) is 2.38. The van der Waals surface area contributed by atoms with Crippen molar-refractivity contribution in [3.8, 4) is 0 Å². The van der Waals surface area contributed by atoms with Gasteiger partial charge < -0.3 is 10.2 Å². The molecule has 0 radical (unpaired) electrons. The predicted molar refractivity (Wildman–Crippen MR) is 34.2 cm³/mol. The minimum atomic E-state index is -0.295. The molecule has 1 aromatic rings. The normalized spacial score (nSPS) is 9.30. The van der Waals surface area contributed by atoms with E-state index in [9.17, 15) is 4.79 Å². The number of rotatable bonds is 2. The number of hydrogen-bond donors (Lipinski definition) is 2. The summed E-state index contributed by atoms with van der Waals surface area (Å²) >= 11 is 0. The zero-order valence-electron chi connectivity index (χ0n) is 5.20. The molecule has 0 aromatic carbocycles. The second-order valence-corrected chi connectivity index (χ2v) is 1.62. The molecule has 0 saturated carbocycles. The lowest BCUT2D eigenvalue weighted by molar-refractivity contribution is -0.115. The SMILES string of the molecule is NCC(=O)Nc1cnco1. The molecule has 10 heavy (non-hydrogen) atoms. The first-order valence-corrected chi connectivity index (χ1v) is 2.71. The minimum absolute atomic E-state index is 0.0549. The maximum atomic E-state index is 10.6. The van der Waals surface area contributed by atoms with Gasteiger partial charge in [-0.1, -0.05) is 0 Å². The van der Waals surface area contributed by atoms with Crippen molar-refractivity contribution < 1.29 is 9.21 Å². The van der Waals surface area contributed by atoms with E-state index in [0.29, 0.717) is 5.88 Å². The Morgan fingerprint density at radius 1 is 1.90 bits per heavy atom. The highest BCUT2D eigenvalue weighted by Crippen LogP contribution is 2.01. The molecule has 5 heteroatoms. The molecule has 3 N–H and O–H groups in total. The second-order valence-electron chi connectivity index (χ2n) is 1.62. The van der Waals surface area contributed by atoms with E-state index in [1.807, 2.05) is 0 Å². The zero-order valence-corrected chi connectivity index (χ0v) is 5.20. The molecule has 0 aliphatic heterocycles. The van der Waals surface area contributed by atoms with Gasteiger partial charge in [-0.3, -0.25) is 10.1 Å². The molecule has 1 amide bonds. The molecular formula is C5H7N3O2. The Balaban J connectivity index is 2.48. The third-order valence-corrected chi connectivity index (χ3v) is 0.880. The first-order chi connectivity index (χ1) is 4.83. The second kappa shape index (κ2) is 2.98. The van der Waals surface area contributed by atoms with E-state index in [-0.39, 0.29) is 12.5 Å². The van der Waals surface area contributed by atoms with E-state index < -0.39 is 0 Å². The molecule has 1 rings (SSSR count). The smallest absolute Gasteiger partial charge is 0.240 e. The topological polar surface area (TPSA) is 81.2 Å². The summed E-state index contributed by atoms with van der Waals surface area (Å²) < 4.78 is 4.71. The molecule has 54 valence electrons. The van der Waals surface area contributed by atoms with Crippen LogP contribution in [0.25, 0.3) is 0 Å². The van der Waals surface area contributed by atoms with Gasteiger partial charge in [-0.15, -0.1) is 0 Å². The Morgan fingerprint density at radius 2 is 2.70 bits per heavy atom. The fourth-order valence-corrected chi connectivity index (χ4v) is 0.466. The van der Waals surface area contributed by atoms with E-state index in [2.05, 4.69) is 10.3 Å². The molecule has 0 aliphatic carbocycles. The van der Waals surface area contributed by atoms with Crippen molar-refractivity contribution in [1.82, 2.24) is 4.98 Å². The number of amides is 1. The predicted octanol–water partition coefficient (Wildman–Crippen LogP) is -0.428. The van der Waals surface area contributed by atoms with Gasteiger partial charge in [-0.25, -0.2) is 4.98 Å². The number of carbonyl (C=O) groups excluding carboxylic acids is 1. The highest BCUT2D eigenvalue weighted by Gasteiger charge is 1.99. The Labute approximate surface area is 57.2 Å². The fourth-order valence-electron chi connectivity index (χ4n) is 0.466. The van der Waals surface area contributed by atoms with Crippen molar-refractivity contribution in [2.75, 3.05) is 11.9 Å². The molecule has 0 unspecified atom stereocenters. The van der Waals surface area contributed by atoms with Gasteiger partial charge in [0, 0.05) is 0 Å². The molecule has 0 aliphatic rings. The van der Waals surface area contributed by atoms with Crippen LogP contribution in [0.15, 0.2) is 17.0 Å². The summed E-state index contributed by atoms with van der Waals surface area (Å²) in [6, 6.07) is 0. The van der Waals surface area contributed by atoms with Crippen LogP contribution in [0.5, 0.6) is 0 Å². The van der Waals surface area contributed by atoms with Crippen LogP contribution in [-0.4, -0.2) is 17.4 Å². The summed E-state index contributed by atoms with van der Waals surface area (Å²) in [6.07, 6.45) is 2.62. The quantitative estimate of drug-likeness (QED) is 0.585. The molecule has 0 spiro atoms. The van der Waals surface area contributed by atoms with Crippen LogP contribution >= 0.6 is 0 Å². The van der Waals surface area contributed by atoms with Crippen LogP contribution in [0.2, 0.25) is 0 Å². The Hall–Kier alpha value is -1.36. The van der Waals surface area contributed by atoms with Crippen LogP contribution in [0.1, 0.15) is 0 Å². The van der Waals surface area contributed by atoms with Crippen LogP contribution < -0.4 is 11.1 Å². The lowest BCUT2D eigenvalue weighted by Gasteiger charge is -1.94. The lowest BCUT2D eigenvalue weighted by Crippen LogP contribution is -2.21. The summed E-state index contributed by atoms with van der Waals surface area (Å²) in [5.74, 6) is 0.0206. The van der Waals surface area contributed by atoms with Crippen molar-refractivity contribution >= 4 is 11.8 Å². The Bertz CT molecular complexity index is 207. The summed E-state index contributed by atoms with van der Waals surface area (Å²) in [6.45, 7) is -0.0549. The van der Waals surface area contributed by atoms with Gasteiger partial charge in [0.15, 0.2) is 6.39 Å². The number of carbonyl (C=O) groups is 1. The fraction of sp³-hybridized carbons (Fsp3) is 0.200. The van der Waals surface area contributed by atoms with E-state index in [1.54, 1.807) is 0 Å². The molecule has 0 fully saturated rings. The summed E-state index contributed by atoms with van der Waals surface area (Å²) in [7, 11) is 0. The largest absolute Gasteiger partial charge is 0.428 e. The van der Waals surface area contributed by atoms with Crippen LogP contribution in [0.3, 0.4) is 0 Å². The summed E-state index contributed by atoms with van der Waals surface area (Å²) in [5.41, 5.74) is 5.01. The number of aromatic nitrogens is 1. The zero-order chi connectivity index (χ0) is 7.40. The number of hydrogen-bond acceptors (Lipinski definition) is 4. The molecule has 5 nitrogen and oxygen atoms in total. The van der Waals surface area contributed by atoms with Gasteiger partial charge in [0.25, 0.3) is 0 Å². The van der Waals surface area contributed by atoms with Crippen molar-refractivity contribution in [1.29, 1.82) is 0 Å². The Morgan fingerprint density at radius 3 is 3.20 bits per heavy atom. The lowest BCUT2D eigenvalue weighted by atomic mass is 10.6. The van der Waals surface area contributed by atoms with Gasteiger partial charge in [0.05, 0.1) is 12.7 Å². The molecule has 0 saturated heterocycles. The van der Waals surface area contributed by atoms with Crippen molar-refractivity contribution in [2.24, 2.45) is 5.73 Å². The first kappa shape index (κ1) is 6.76. The third-order valence-electron chi connectivity index (χ3n) is 0.880. The highest BCUT2D eigenvalue weighted by atomic mass is 16.4. The van der Waals surface area contributed by atoms with Crippen molar-refractivity contribution in [3.05, 3.63) is 12.6 Å². The number of nitrogens with one attached hydrogen (secondary N) is 1. The first-order valence-electron chi connectivity index (χ1n) is 2.71. The van der Waals surface area contributed by atoms with Crippen molar-refractivity contribution in [3.63, 3.8) is 0 Å². The van der Waals surface area contributed by atoms with E-state index >= 15 is 0 Å². The average Bonchev–Trinajstić information content (AvgIpc) is 2.40. The standard InChI is InChI=1S/C5H7N3O2/c6-1-4(9)8-5-2-7-3-10-5/h2-3H,1,6H2,(H,8,9). The van der Waals surface area contributed by atoms with Gasteiger partial charge >= 0.3 is 0 Å². The average molecular weight is 141 g/mol. The highest BCUT2D eigenvalue weighted by molar-refractivity contribution is 5.90. The molecule has 0 atom stereocenters. The van der Waals surface area contributed by atoms with E-state index in [4.69, 9.17) is 10.2 Å². The number of anilines is 1. The van der Waals surface area contributed by atoms with E-state index in [1.165, 1.54) is 12.6 Å².